The van der Waals surface area contributed by atoms with Gasteiger partial charge in [-0.15, -0.1) is 23.4 Å². The number of pyridine rings is 1. The molecule has 1 aliphatic heterocycles. The Kier molecular flexibility index (Phi) is 5.89. The van der Waals surface area contributed by atoms with Crippen LogP contribution in [0.3, 0.4) is 0 Å². The molecule has 1 aliphatic rings. The average Bonchev–Trinajstić information content (AvgIpc) is 2.86. The van der Waals surface area contributed by atoms with Gasteiger partial charge in [-0.05, 0) is 6.42 Å². The zero-order valence-corrected chi connectivity index (χ0v) is 14.5. The Balaban J connectivity index is 2.15. The fourth-order valence-corrected chi connectivity index (χ4v) is 5.76. The SMILES string of the molecule is NS(=O)(=O)C1SC(C(=O)Nc2cc(F)c(=O)n(CCF)c2)CC1Cl. The van der Waals surface area contributed by atoms with Gasteiger partial charge in [-0.3, -0.25) is 9.59 Å². The summed E-state index contributed by atoms with van der Waals surface area (Å²) in [6.45, 7) is -1.23. The molecule has 0 spiro atoms. The van der Waals surface area contributed by atoms with E-state index in [2.05, 4.69) is 5.32 Å². The highest BCUT2D eigenvalue weighted by molar-refractivity contribution is 8.13. The van der Waals surface area contributed by atoms with E-state index in [0.717, 1.165) is 28.6 Å². The third-order valence-electron chi connectivity index (χ3n) is 3.28. The maximum Gasteiger partial charge on any atom is 0.286 e. The second-order valence-electron chi connectivity index (χ2n) is 5.09. The smallest absolute Gasteiger partial charge is 0.286 e. The summed E-state index contributed by atoms with van der Waals surface area (Å²) in [6.07, 6.45) is 1.17. The van der Waals surface area contributed by atoms with E-state index in [1.54, 1.807) is 0 Å². The number of carbonyl (C=O) groups is 1. The summed E-state index contributed by atoms with van der Waals surface area (Å²) in [4.78, 5) is 23.6. The van der Waals surface area contributed by atoms with Crippen molar-refractivity contribution < 1.29 is 22.0 Å². The molecule has 0 saturated carbocycles. The quantitative estimate of drug-likeness (QED) is 0.703. The zero-order valence-electron chi connectivity index (χ0n) is 12.1. The molecule has 24 heavy (non-hydrogen) atoms. The monoisotopic (exact) mass is 401 g/mol. The van der Waals surface area contributed by atoms with Gasteiger partial charge in [0, 0.05) is 12.3 Å². The van der Waals surface area contributed by atoms with Crippen molar-refractivity contribution in [1.82, 2.24) is 4.57 Å². The van der Waals surface area contributed by atoms with E-state index in [1.807, 2.05) is 0 Å². The summed E-state index contributed by atoms with van der Waals surface area (Å²) >= 11 is 6.71. The molecule has 0 bridgehead atoms. The number of nitrogens with zero attached hydrogens (tertiary/aromatic N) is 1. The molecular formula is C12H14ClF2N3O4S2. The van der Waals surface area contributed by atoms with Crippen LogP contribution in [0.4, 0.5) is 14.5 Å². The van der Waals surface area contributed by atoms with E-state index < -0.39 is 49.2 Å². The van der Waals surface area contributed by atoms with Crippen LogP contribution in [-0.2, 0) is 21.4 Å². The lowest BCUT2D eigenvalue weighted by molar-refractivity contribution is -0.115. The minimum absolute atomic E-state index is 0.0451. The maximum absolute atomic E-state index is 13.5. The summed E-state index contributed by atoms with van der Waals surface area (Å²) in [7, 11) is -3.91. The number of alkyl halides is 2. The standard InChI is InChI=1S/C12H14ClF2N3O4S2/c13-7-4-9(23-12(7)24(16,21)22)10(19)17-6-3-8(15)11(20)18(5-6)2-1-14/h3,5,7,9,12H,1-2,4H2,(H,17,19)(H2,16,21,22). The Bertz CT molecular complexity index is 802. The molecule has 3 atom stereocenters. The molecule has 2 rings (SSSR count). The van der Waals surface area contributed by atoms with Gasteiger partial charge in [0.15, 0.2) is 5.82 Å². The number of hydrogen-bond acceptors (Lipinski definition) is 5. The number of hydrogen-bond donors (Lipinski definition) is 2. The van der Waals surface area contributed by atoms with Crippen LogP contribution in [0, 0.1) is 5.82 Å². The van der Waals surface area contributed by atoms with E-state index in [4.69, 9.17) is 16.7 Å². The number of thioether (sulfide) groups is 1. The average molecular weight is 402 g/mol. The molecule has 1 fully saturated rings. The number of anilines is 1. The van der Waals surface area contributed by atoms with Crippen molar-refractivity contribution in [2.75, 3.05) is 12.0 Å². The molecule has 134 valence electrons. The molecule has 1 aromatic heterocycles. The number of amides is 1. The van der Waals surface area contributed by atoms with Gasteiger partial charge in [0.2, 0.25) is 15.9 Å². The number of nitrogens with one attached hydrogen (secondary N) is 1. The summed E-state index contributed by atoms with van der Waals surface area (Å²) in [6, 6.07) is 0.809. The van der Waals surface area contributed by atoms with E-state index in [0.29, 0.717) is 0 Å². The van der Waals surface area contributed by atoms with Gasteiger partial charge in [-0.2, -0.15) is 0 Å². The second kappa shape index (κ2) is 7.38. The second-order valence-corrected chi connectivity index (χ2v) is 8.98. The van der Waals surface area contributed by atoms with E-state index >= 15 is 0 Å². The molecule has 12 heteroatoms. The first-order valence-corrected chi connectivity index (χ1v) is 9.70. The van der Waals surface area contributed by atoms with Crippen LogP contribution < -0.4 is 16.0 Å². The van der Waals surface area contributed by atoms with Gasteiger partial charge in [0.1, 0.15) is 11.3 Å². The first kappa shape index (κ1) is 19.2. The zero-order chi connectivity index (χ0) is 18.1. The Hall–Kier alpha value is -1.17. The minimum atomic E-state index is -3.91. The van der Waals surface area contributed by atoms with E-state index in [1.165, 1.54) is 0 Å². The van der Waals surface area contributed by atoms with Crippen LogP contribution in [0.1, 0.15) is 6.42 Å². The van der Waals surface area contributed by atoms with Crippen molar-refractivity contribution >= 4 is 45.0 Å². The number of aryl methyl sites for hydroxylation is 1. The topological polar surface area (TPSA) is 111 Å². The minimum Gasteiger partial charge on any atom is -0.324 e. The lowest BCUT2D eigenvalue weighted by Gasteiger charge is -2.12. The molecule has 3 unspecified atom stereocenters. The fraction of sp³-hybridized carbons (Fsp3) is 0.500. The van der Waals surface area contributed by atoms with Crippen molar-refractivity contribution in [3.8, 4) is 0 Å². The molecule has 1 amide bonds. The Morgan fingerprint density at radius 1 is 1.54 bits per heavy atom. The van der Waals surface area contributed by atoms with Gasteiger partial charge < -0.3 is 9.88 Å². The highest BCUT2D eigenvalue weighted by Crippen LogP contribution is 2.39. The Morgan fingerprint density at radius 2 is 2.21 bits per heavy atom. The number of primary sulfonamides is 1. The highest BCUT2D eigenvalue weighted by atomic mass is 35.5. The molecule has 3 N–H and O–H groups in total. The van der Waals surface area contributed by atoms with Crippen molar-refractivity contribution in [1.29, 1.82) is 0 Å². The van der Waals surface area contributed by atoms with Crippen LogP contribution in [0.2, 0.25) is 0 Å². The van der Waals surface area contributed by atoms with Gasteiger partial charge in [0.25, 0.3) is 5.56 Å². The first-order chi connectivity index (χ1) is 11.1. The third-order valence-corrected chi connectivity index (χ3v) is 7.46. The van der Waals surface area contributed by atoms with Crippen molar-refractivity contribution in [3.05, 3.63) is 28.4 Å². The third kappa shape index (κ3) is 4.26. The first-order valence-electron chi connectivity index (χ1n) is 6.71. The lowest BCUT2D eigenvalue weighted by atomic mass is 10.2. The van der Waals surface area contributed by atoms with Gasteiger partial charge >= 0.3 is 0 Å². The fourth-order valence-electron chi connectivity index (χ4n) is 2.22. The molecule has 1 saturated heterocycles. The Morgan fingerprint density at radius 3 is 2.75 bits per heavy atom. The number of halogens is 3. The molecule has 1 aromatic rings. The van der Waals surface area contributed by atoms with E-state index in [-0.39, 0.29) is 18.7 Å². The predicted octanol–water partition coefficient (Wildman–Crippen LogP) is 0.623. The number of aromatic nitrogens is 1. The molecule has 0 aliphatic carbocycles. The van der Waals surface area contributed by atoms with Crippen molar-refractivity contribution in [3.63, 3.8) is 0 Å². The molecule has 2 heterocycles. The van der Waals surface area contributed by atoms with Crippen molar-refractivity contribution in [2.45, 2.75) is 28.2 Å². The normalized spacial score (nSPS) is 24.1. The van der Waals surface area contributed by atoms with Crippen LogP contribution in [-0.4, -0.2) is 40.8 Å². The van der Waals surface area contributed by atoms with Crippen molar-refractivity contribution in [2.24, 2.45) is 5.14 Å². The van der Waals surface area contributed by atoms with E-state index in [9.17, 15) is 26.8 Å². The highest BCUT2D eigenvalue weighted by Gasteiger charge is 2.43. The summed E-state index contributed by atoms with van der Waals surface area (Å²) in [5.41, 5.74) is -1.05. The molecule has 7 nitrogen and oxygen atoms in total. The molecule has 0 aromatic carbocycles. The molecular weight excluding hydrogens is 388 g/mol. The lowest BCUT2D eigenvalue weighted by Crippen LogP contribution is -2.29. The maximum atomic E-state index is 13.5. The number of sulfonamides is 1. The largest absolute Gasteiger partial charge is 0.324 e. The number of carbonyl (C=O) groups excluding carboxylic acids is 1. The Labute approximate surface area is 145 Å². The number of nitrogens with two attached hydrogens (primary N) is 1. The summed E-state index contributed by atoms with van der Waals surface area (Å²) in [5, 5.41) is 5.77. The van der Waals surface area contributed by atoms with Crippen LogP contribution >= 0.6 is 23.4 Å². The van der Waals surface area contributed by atoms with Gasteiger partial charge in [-0.25, -0.2) is 22.3 Å². The number of rotatable bonds is 5. The summed E-state index contributed by atoms with van der Waals surface area (Å²) < 4.78 is 48.4. The van der Waals surface area contributed by atoms with Gasteiger partial charge in [-0.1, -0.05) is 0 Å². The van der Waals surface area contributed by atoms with Gasteiger partial charge in [0.05, 0.1) is 22.9 Å². The predicted molar refractivity (Wildman–Crippen MR) is 87.8 cm³/mol. The van der Waals surface area contributed by atoms with Crippen LogP contribution in [0.15, 0.2) is 17.1 Å². The van der Waals surface area contributed by atoms with Crippen LogP contribution in [0.25, 0.3) is 0 Å². The molecule has 0 radical (unpaired) electrons. The summed E-state index contributed by atoms with van der Waals surface area (Å²) in [5.74, 6) is -1.75. The van der Waals surface area contributed by atoms with Crippen LogP contribution in [0.5, 0.6) is 0 Å².